The third-order valence-corrected chi connectivity index (χ3v) is 4.97. The molecule has 1 aliphatic heterocycles. The van der Waals surface area contributed by atoms with Crippen molar-refractivity contribution in [2.24, 2.45) is 0 Å². The largest absolute Gasteiger partial charge is 0.433 e. The molecule has 0 atom stereocenters. The van der Waals surface area contributed by atoms with Crippen molar-refractivity contribution in [3.05, 3.63) is 65.0 Å². The summed E-state index contributed by atoms with van der Waals surface area (Å²) in [4.78, 5) is 11.4. The molecule has 4 heteroatoms. The molecule has 1 aliphatic rings. The number of hydrogen-bond donors (Lipinski definition) is 0. The summed E-state index contributed by atoms with van der Waals surface area (Å²) in [6.45, 7) is 13.0. The third kappa shape index (κ3) is 2.95. The van der Waals surface area contributed by atoms with Crippen LogP contribution in [-0.4, -0.2) is 9.97 Å². The molecule has 27 heavy (non-hydrogen) atoms. The van der Waals surface area contributed by atoms with Crippen LogP contribution < -0.4 is 9.64 Å². The highest BCUT2D eigenvalue weighted by atomic mass is 16.5. The van der Waals surface area contributed by atoms with Crippen molar-refractivity contribution in [2.45, 2.75) is 47.0 Å². The van der Waals surface area contributed by atoms with E-state index in [0.717, 1.165) is 28.6 Å². The number of fused-ring (bicyclic) bond motifs is 2. The van der Waals surface area contributed by atoms with Crippen LogP contribution in [-0.2, 0) is 5.41 Å². The van der Waals surface area contributed by atoms with Gasteiger partial charge < -0.3 is 4.74 Å². The summed E-state index contributed by atoms with van der Waals surface area (Å²) in [6, 6.07) is 12.5. The summed E-state index contributed by atoms with van der Waals surface area (Å²) < 4.78 is 6.05. The van der Waals surface area contributed by atoms with Crippen LogP contribution in [0.25, 0.3) is 0 Å². The van der Waals surface area contributed by atoms with Gasteiger partial charge >= 0.3 is 0 Å². The summed E-state index contributed by atoms with van der Waals surface area (Å²) in [5, 5.41) is 0. The molecule has 3 heterocycles. The first kappa shape index (κ1) is 17.5. The molecule has 4 rings (SSSR count). The number of nitrogens with zero attached hydrogens (tertiary/aromatic N) is 3. The van der Waals surface area contributed by atoms with Gasteiger partial charge in [-0.3, -0.25) is 4.90 Å². The minimum absolute atomic E-state index is 0.103. The lowest BCUT2D eigenvalue weighted by atomic mass is 9.84. The Morgan fingerprint density at radius 1 is 0.963 bits per heavy atom. The van der Waals surface area contributed by atoms with Crippen LogP contribution >= 0.6 is 0 Å². The van der Waals surface area contributed by atoms with Gasteiger partial charge in [0.1, 0.15) is 5.69 Å². The summed E-state index contributed by atoms with van der Waals surface area (Å²) in [5.74, 6) is 2.14. The maximum Gasteiger partial charge on any atom is 0.244 e. The zero-order valence-corrected chi connectivity index (χ0v) is 16.8. The third-order valence-electron chi connectivity index (χ3n) is 4.97. The Labute approximate surface area is 160 Å². The number of aryl methyl sites for hydroxylation is 3. The molecule has 0 saturated heterocycles. The topological polar surface area (TPSA) is 38.3 Å². The molecular weight excluding hydrogens is 334 g/mol. The molecule has 4 nitrogen and oxygen atoms in total. The fraction of sp³-hybridized carbons (Fsp3) is 0.304. The second-order valence-electron chi connectivity index (χ2n) is 8.25. The first-order chi connectivity index (χ1) is 12.8. The standard InChI is InChI=1S/C23H25N3O/c1-14-12-17(23(4,5)6)13-15(2)20(14)26-18-10-9-16(3)25-22(18)27-19-8-7-11-24-21(19)26/h7-13H,1-6H3. The molecule has 0 amide bonds. The van der Waals surface area contributed by atoms with Gasteiger partial charge in [-0.1, -0.05) is 32.9 Å². The first-order valence-electron chi connectivity index (χ1n) is 9.28. The molecule has 3 aromatic rings. The Hall–Kier alpha value is -2.88. The minimum Gasteiger partial charge on any atom is -0.433 e. The van der Waals surface area contributed by atoms with Gasteiger partial charge in [0.25, 0.3) is 0 Å². The average molecular weight is 359 g/mol. The number of aromatic nitrogens is 2. The summed E-state index contributed by atoms with van der Waals surface area (Å²) in [5.41, 5.74) is 6.84. The molecule has 0 fully saturated rings. The normalized spacial score (nSPS) is 13.0. The zero-order valence-electron chi connectivity index (χ0n) is 16.8. The molecule has 0 aliphatic carbocycles. The van der Waals surface area contributed by atoms with E-state index in [1.54, 1.807) is 6.20 Å². The highest BCUT2D eigenvalue weighted by Crippen LogP contribution is 2.50. The van der Waals surface area contributed by atoms with Gasteiger partial charge in [0.2, 0.25) is 5.88 Å². The van der Waals surface area contributed by atoms with Gasteiger partial charge in [-0.15, -0.1) is 0 Å². The van der Waals surface area contributed by atoms with Crippen molar-refractivity contribution in [3.63, 3.8) is 0 Å². The van der Waals surface area contributed by atoms with Crippen molar-refractivity contribution in [1.82, 2.24) is 9.97 Å². The summed E-state index contributed by atoms with van der Waals surface area (Å²) in [7, 11) is 0. The molecule has 0 bridgehead atoms. The van der Waals surface area contributed by atoms with Crippen LogP contribution in [0.5, 0.6) is 11.6 Å². The van der Waals surface area contributed by atoms with Crippen LogP contribution in [0, 0.1) is 20.8 Å². The lowest BCUT2D eigenvalue weighted by molar-refractivity contribution is 0.453. The minimum atomic E-state index is 0.103. The maximum atomic E-state index is 6.05. The second kappa shape index (κ2) is 6.08. The number of pyridine rings is 2. The fourth-order valence-electron chi connectivity index (χ4n) is 3.59. The van der Waals surface area contributed by atoms with E-state index in [9.17, 15) is 0 Å². The Balaban J connectivity index is 1.97. The fourth-order valence-corrected chi connectivity index (χ4v) is 3.59. The molecule has 0 N–H and O–H groups in total. The Kier molecular flexibility index (Phi) is 3.95. The first-order valence-corrected chi connectivity index (χ1v) is 9.28. The molecule has 0 radical (unpaired) electrons. The molecular formula is C23H25N3O. The van der Waals surface area contributed by atoms with Gasteiger partial charge in [-0.2, -0.15) is 0 Å². The molecule has 138 valence electrons. The highest BCUT2D eigenvalue weighted by Gasteiger charge is 2.30. The van der Waals surface area contributed by atoms with E-state index in [1.807, 2.05) is 25.1 Å². The zero-order chi connectivity index (χ0) is 19.3. The smallest absolute Gasteiger partial charge is 0.244 e. The van der Waals surface area contributed by atoms with Crippen molar-refractivity contribution in [1.29, 1.82) is 0 Å². The van der Waals surface area contributed by atoms with E-state index in [2.05, 4.69) is 67.7 Å². The Bertz CT molecular complexity index is 1010. The quantitative estimate of drug-likeness (QED) is 0.401. The van der Waals surface area contributed by atoms with E-state index in [0.29, 0.717) is 5.88 Å². The molecule has 0 unspecified atom stereocenters. The second-order valence-corrected chi connectivity index (χ2v) is 8.25. The van der Waals surface area contributed by atoms with Gasteiger partial charge in [0, 0.05) is 11.9 Å². The Morgan fingerprint density at radius 3 is 2.33 bits per heavy atom. The summed E-state index contributed by atoms with van der Waals surface area (Å²) in [6.07, 6.45) is 1.80. The number of rotatable bonds is 1. The SMILES string of the molecule is Cc1ccc2c(n1)Oc1cccnc1N2c1c(C)cc(C(C)(C)C)cc1C. The maximum absolute atomic E-state index is 6.05. The van der Waals surface area contributed by atoms with E-state index in [1.165, 1.54) is 16.7 Å². The number of ether oxygens (including phenoxy) is 1. The lowest BCUT2D eigenvalue weighted by Crippen LogP contribution is -2.21. The highest BCUT2D eigenvalue weighted by molar-refractivity contribution is 5.85. The van der Waals surface area contributed by atoms with Crippen molar-refractivity contribution in [2.75, 3.05) is 4.90 Å². The summed E-state index contributed by atoms with van der Waals surface area (Å²) >= 11 is 0. The number of anilines is 3. The van der Waals surface area contributed by atoms with Crippen LogP contribution in [0.3, 0.4) is 0 Å². The predicted octanol–water partition coefficient (Wildman–Crippen LogP) is 6.27. The lowest BCUT2D eigenvalue weighted by Gasteiger charge is -2.34. The van der Waals surface area contributed by atoms with Crippen LogP contribution in [0.4, 0.5) is 17.2 Å². The van der Waals surface area contributed by atoms with E-state index < -0.39 is 0 Å². The van der Waals surface area contributed by atoms with Crippen molar-refractivity contribution < 1.29 is 4.74 Å². The van der Waals surface area contributed by atoms with E-state index in [4.69, 9.17) is 4.74 Å². The van der Waals surface area contributed by atoms with Gasteiger partial charge in [-0.25, -0.2) is 9.97 Å². The molecule has 0 spiro atoms. The molecule has 2 aromatic heterocycles. The van der Waals surface area contributed by atoms with Crippen molar-refractivity contribution in [3.8, 4) is 11.6 Å². The monoisotopic (exact) mass is 359 g/mol. The van der Waals surface area contributed by atoms with Gasteiger partial charge in [0.05, 0.1) is 5.69 Å². The number of hydrogen-bond acceptors (Lipinski definition) is 4. The Morgan fingerprint density at radius 2 is 1.67 bits per heavy atom. The predicted molar refractivity (Wildman–Crippen MR) is 110 cm³/mol. The molecule has 0 saturated carbocycles. The van der Waals surface area contributed by atoms with Crippen LogP contribution in [0.15, 0.2) is 42.6 Å². The average Bonchev–Trinajstić information content (AvgIpc) is 2.59. The van der Waals surface area contributed by atoms with E-state index in [-0.39, 0.29) is 5.41 Å². The van der Waals surface area contributed by atoms with Gasteiger partial charge in [-0.05, 0) is 67.1 Å². The van der Waals surface area contributed by atoms with Gasteiger partial charge in [0.15, 0.2) is 11.6 Å². The van der Waals surface area contributed by atoms with Crippen LogP contribution in [0.2, 0.25) is 0 Å². The van der Waals surface area contributed by atoms with E-state index >= 15 is 0 Å². The molecule has 1 aromatic carbocycles. The van der Waals surface area contributed by atoms with Crippen LogP contribution in [0.1, 0.15) is 43.2 Å². The van der Waals surface area contributed by atoms with Crippen molar-refractivity contribution >= 4 is 17.2 Å². The number of benzene rings is 1.